The van der Waals surface area contributed by atoms with Crippen molar-refractivity contribution in [2.75, 3.05) is 6.54 Å². The van der Waals surface area contributed by atoms with E-state index in [1.807, 2.05) is 6.07 Å². The van der Waals surface area contributed by atoms with E-state index in [9.17, 15) is 4.79 Å². The average molecular weight is 391 g/mol. The van der Waals surface area contributed by atoms with Crippen molar-refractivity contribution in [1.82, 2.24) is 15.6 Å². The molecule has 1 aromatic rings. The predicted molar refractivity (Wildman–Crippen MR) is 81.7 cm³/mol. The molecule has 1 fully saturated rings. The van der Waals surface area contributed by atoms with Crippen LogP contribution in [0.1, 0.15) is 31.4 Å². The summed E-state index contributed by atoms with van der Waals surface area (Å²) in [5, 5.41) is 6.28. The molecule has 2 rings (SSSR count). The van der Waals surface area contributed by atoms with Crippen LogP contribution in [0.2, 0.25) is 0 Å². The molecule has 0 aromatic carbocycles. The molecule has 2 N–H and O–H groups in total. The molecule has 0 bridgehead atoms. The molecule has 1 aliphatic rings. The first kappa shape index (κ1) is 14.9. The minimum absolute atomic E-state index is 0.173. The molecule has 6 heteroatoms. The fourth-order valence-electron chi connectivity index (χ4n) is 1.68. The molecule has 1 saturated carbocycles. The van der Waals surface area contributed by atoms with Gasteiger partial charge in [0, 0.05) is 34.1 Å². The number of nitrogens with one attached hydrogen (secondary N) is 2. The zero-order chi connectivity index (χ0) is 13.7. The summed E-state index contributed by atoms with van der Waals surface area (Å²) in [4.78, 5) is 15.8. The summed E-state index contributed by atoms with van der Waals surface area (Å²) >= 11 is 6.85. The molecule has 0 saturated heterocycles. The van der Waals surface area contributed by atoms with Crippen molar-refractivity contribution >= 4 is 37.8 Å². The Hall–Kier alpha value is -0.460. The van der Waals surface area contributed by atoms with Gasteiger partial charge in [-0.15, -0.1) is 0 Å². The second kappa shape index (κ2) is 7.36. The van der Waals surface area contributed by atoms with E-state index in [1.165, 1.54) is 0 Å². The average Bonchev–Trinajstić information content (AvgIpc) is 3.15. The second-order valence-electron chi connectivity index (χ2n) is 4.70. The molecular weight excluding hydrogens is 374 g/mol. The summed E-state index contributed by atoms with van der Waals surface area (Å²) in [6, 6.07) is 2.44. The van der Waals surface area contributed by atoms with Gasteiger partial charge in [-0.05, 0) is 63.7 Å². The molecule has 1 aliphatic carbocycles. The van der Waals surface area contributed by atoms with Crippen LogP contribution in [0.4, 0.5) is 0 Å². The van der Waals surface area contributed by atoms with Crippen LogP contribution < -0.4 is 10.6 Å². The maximum Gasteiger partial charge on any atom is 0.220 e. The van der Waals surface area contributed by atoms with Crippen molar-refractivity contribution in [3.8, 4) is 0 Å². The highest BCUT2D eigenvalue weighted by molar-refractivity contribution is 9.11. The first-order chi connectivity index (χ1) is 9.15. The summed E-state index contributed by atoms with van der Waals surface area (Å²) in [5.41, 5.74) is 0.977. The Kier molecular flexibility index (Phi) is 5.78. The summed E-state index contributed by atoms with van der Waals surface area (Å²) in [5.74, 6) is 0.173. The number of carbonyl (C=O) groups is 1. The van der Waals surface area contributed by atoms with Crippen molar-refractivity contribution in [1.29, 1.82) is 0 Å². The van der Waals surface area contributed by atoms with Crippen molar-refractivity contribution in [3.05, 3.63) is 26.9 Å². The van der Waals surface area contributed by atoms with Crippen LogP contribution in [-0.2, 0) is 11.3 Å². The number of nitrogens with zero attached hydrogens (tertiary/aromatic N) is 1. The Labute approximate surface area is 130 Å². The van der Waals surface area contributed by atoms with Gasteiger partial charge in [0.25, 0.3) is 0 Å². The summed E-state index contributed by atoms with van der Waals surface area (Å²) in [6.07, 6.45) is 5.52. The van der Waals surface area contributed by atoms with Crippen molar-refractivity contribution in [3.63, 3.8) is 0 Å². The van der Waals surface area contributed by atoms with E-state index < -0.39 is 0 Å². The summed E-state index contributed by atoms with van der Waals surface area (Å²) in [6.45, 7) is 1.53. The van der Waals surface area contributed by atoms with Crippen LogP contribution >= 0.6 is 31.9 Å². The maximum atomic E-state index is 11.5. The third-order valence-electron chi connectivity index (χ3n) is 2.88. The molecule has 1 amide bonds. The monoisotopic (exact) mass is 389 g/mol. The van der Waals surface area contributed by atoms with Gasteiger partial charge in [-0.1, -0.05) is 0 Å². The lowest BCUT2D eigenvalue weighted by atomic mass is 10.3. The highest BCUT2D eigenvalue weighted by Gasteiger charge is 2.22. The number of rotatable bonds is 7. The van der Waals surface area contributed by atoms with Gasteiger partial charge in [-0.25, -0.2) is 0 Å². The van der Waals surface area contributed by atoms with Crippen molar-refractivity contribution in [2.45, 2.75) is 38.3 Å². The SMILES string of the molecule is O=C(CCCNCc1ncc(Br)cc1Br)NC1CC1. The summed E-state index contributed by atoms with van der Waals surface area (Å²) < 4.78 is 1.95. The summed E-state index contributed by atoms with van der Waals surface area (Å²) in [7, 11) is 0. The zero-order valence-corrected chi connectivity index (χ0v) is 13.8. The van der Waals surface area contributed by atoms with Gasteiger partial charge in [0.05, 0.1) is 5.69 Å². The van der Waals surface area contributed by atoms with E-state index >= 15 is 0 Å². The van der Waals surface area contributed by atoms with Gasteiger partial charge in [0.2, 0.25) is 5.91 Å². The number of carbonyl (C=O) groups excluding carboxylic acids is 1. The molecule has 19 heavy (non-hydrogen) atoms. The van der Waals surface area contributed by atoms with E-state index in [0.29, 0.717) is 19.0 Å². The van der Waals surface area contributed by atoms with E-state index in [1.54, 1.807) is 6.20 Å². The lowest BCUT2D eigenvalue weighted by Gasteiger charge is -2.07. The molecule has 0 spiro atoms. The van der Waals surface area contributed by atoms with Gasteiger partial charge in [0.15, 0.2) is 0 Å². The van der Waals surface area contributed by atoms with Crippen molar-refractivity contribution < 1.29 is 4.79 Å². The van der Waals surface area contributed by atoms with E-state index in [4.69, 9.17) is 0 Å². The van der Waals surface area contributed by atoms with Gasteiger partial charge < -0.3 is 10.6 Å². The zero-order valence-electron chi connectivity index (χ0n) is 10.6. The smallest absolute Gasteiger partial charge is 0.220 e. The fourth-order valence-corrected chi connectivity index (χ4v) is 2.81. The predicted octanol–water partition coefficient (Wildman–Crippen LogP) is 2.76. The maximum absolute atomic E-state index is 11.5. The number of aromatic nitrogens is 1. The number of amides is 1. The molecule has 0 atom stereocenters. The van der Waals surface area contributed by atoms with Gasteiger partial charge in [0.1, 0.15) is 0 Å². The van der Waals surface area contributed by atoms with Crippen LogP contribution in [0.15, 0.2) is 21.2 Å². The minimum Gasteiger partial charge on any atom is -0.353 e. The lowest BCUT2D eigenvalue weighted by Crippen LogP contribution is -2.26. The van der Waals surface area contributed by atoms with Crippen LogP contribution in [0.5, 0.6) is 0 Å². The molecule has 4 nitrogen and oxygen atoms in total. The van der Waals surface area contributed by atoms with Gasteiger partial charge in [-0.3, -0.25) is 9.78 Å². The fraction of sp³-hybridized carbons (Fsp3) is 0.538. The minimum atomic E-state index is 0.173. The van der Waals surface area contributed by atoms with Crippen LogP contribution in [-0.4, -0.2) is 23.5 Å². The van der Waals surface area contributed by atoms with E-state index in [-0.39, 0.29) is 5.91 Å². The van der Waals surface area contributed by atoms with Crippen molar-refractivity contribution in [2.24, 2.45) is 0 Å². The Bertz CT molecular complexity index is 450. The third kappa shape index (κ3) is 5.58. The Balaban J connectivity index is 1.59. The molecule has 104 valence electrons. The molecule has 1 heterocycles. The van der Waals surface area contributed by atoms with Crippen LogP contribution in [0, 0.1) is 0 Å². The Morgan fingerprint density at radius 2 is 2.21 bits per heavy atom. The quantitative estimate of drug-likeness (QED) is 0.704. The van der Waals surface area contributed by atoms with Gasteiger partial charge >= 0.3 is 0 Å². The highest BCUT2D eigenvalue weighted by atomic mass is 79.9. The van der Waals surface area contributed by atoms with E-state index in [2.05, 4.69) is 47.5 Å². The number of pyridine rings is 1. The number of hydrogen-bond donors (Lipinski definition) is 2. The molecule has 1 aromatic heterocycles. The topological polar surface area (TPSA) is 54.0 Å². The number of hydrogen-bond acceptors (Lipinski definition) is 3. The van der Waals surface area contributed by atoms with Gasteiger partial charge in [-0.2, -0.15) is 0 Å². The second-order valence-corrected chi connectivity index (χ2v) is 6.47. The third-order valence-corrected chi connectivity index (χ3v) is 4.00. The lowest BCUT2D eigenvalue weighted by molar-refractivity contribution is -0.121. The first-order valence-corrected chi connectivity index (χ1v) is 8.04. The first-order valence-electron chi connectivity index (χ1n) is 6.45. The Morgan fingerprint density at radius 3 is 2.89 bits per heavy atom. The standard InChI is InChI=1S/C13H17Br2N3O/c14-9-6-11(15)12(17-7-9)8-16-5-1-2-13(19)18-10-3-4-10/h6-7,10,16H,1-5,8H2,(H,18,19). The normalized spacial score (nSPS) is 14.4. The highest BCUT2D eigenvalue weighted by Crippen LogP contribution is 2.19. The molecule has 0 unspecified atom stereocenters. The largest absolute Gasteiger partial charge is 0.353 e. The molecule has 0 aliphatic heterocycles. The number of halogens is 2. The Morgan fingerprint density at radius 1 is 1.42 bits per heavy atom. The van der Waals surface area contributed by atoms with E-state index in [0.717, 1.165) is 40.4 Å². The molecular formula is C13H17Br2N3O. The van der Waals surface area contributed by atoms with Crippen LogP contribution in [0.25, 0.3) is 0 Å². The van der Waals surface area contributed by atoms with Crippen LogP contribution in [0.3, 0.4) is 0 Å². The molecule has 0 radical (unpaired) electrons.